The number of aliphatic hydroxyl groups is 2. The van der Waals surface area contributed by atoms with Crippen LogP contribution in [0.5, 0.6) is 0 Å². The highest BCUT2D eigenvalue weighted by Gasteiger charge is 2.34. The SMILES string of the molecule is C/C(=C\N=c1\c(N)nccn1C)[C@@H]1CC[C@@H](O)[C@H]1O. The zero-order valence-electron chi connectivity index (χ0n) is 11.2. The van der Waals surface area contributed by atoms with Crippen LogP contribution in [0.25, 0.3) is 0 Å². The van der Waals surface area contributed by atoms with E-state index in [2.05, 4.69) is 9.98 Å². The molecule has 4 N–H and O–H groups in total. The van der Waals surface area contributed by atoms with Gasteiger partial charge in [-0.05, 0) is 25.3 Å². The van der Waals surface area contributed by atoms with Crippen LogP contribution in [0, 0.1) is 5.92 Å². The first-order valence-electron chi connectivity index (χ1n) is 6.34. The lowest BCUT2D eigenvalue weighted by Crippen LogP contribution is -2.25. The van der Waals surface area contributed by atoms with E-state index >= 15 is 0 Å². The van der Waals surface area contributed by atoms with Gasteiger partial charge in [-0.2, -0.15) is 0 Å². The number of aryl methyl sites for hydroxylation is 1. The molecule has 104 valence electrons. The molecule has 0 radical (unpaired) electrons. The maximum atomic E-state index is 9.86. The molecule has 6 nitrogen and oxygen atoms in total. The average Bonchev–Trinajstić information content (AvgIpc) is 2.69. The lowest BCUT2D eigenvalue weighted by atomic mass is 9.97. The summed E-state index contributed by atoms with van der Waals surface area (Å²) in [4.78, 5) is 8.32. The molecule has 19 heavy (non-hydrogen) atoms. The van der Waals surface area contributed by atoms with Gasteiger partial charge in [0.25, 0.3) is 0 Å². The van der Waals surface area contributed by atoms with Crippen LogP contribution in [-0.4, -0.2) is 32.0 Å². The van der Waals surface area contributed by atoms with Crippen LogP contribution < -0.4 is 11.2 Å². The van der Waals surface area contributed by atoms with E-state index in [9.17, 15) is 10.2 Å². The number of anilines is 1. The summed E-state index contributed by atoms with van der Waals surface area (Å²) in [6.07, 6.45) is 5.14. The maximum absolute atomic E-state index is 9.86. The van der Waals surface area contributed by atoms with Crippen molar-refractivity contribution in [2.24, 2.45) is 18.0 Å². The summed E-state index contributed by atoms with van der Waals surface area (Å²) in [5.41, 5.74) is 7.28. The lowest BCUT2D eigenvalue weighted by molar-refractivity contribution is 0.0278. The third-order valence-corrected chi connectivity index (χ3v) is 3.62. The molecule has 0 amide bonds. The molecule has 2 rings (SSSR count). The number of hydrogen-bond donors (Lipinski definition) is 3. The number of nitrogen functional groups attached to an aromatic ring is 1. The van der Waals surface area contributed by atoms with Crippen molar-refractivity contribution >= 4 is 5.82 Å². The van der Waals surface area contributed by atoms with Crippen molar-refractivity contribution in [1.82, 2.24) is 9.55 Å². The van der Waals surface area contributed by atoms with Crippen molar-refractivity contribution in [3.63, 3.8) is 0 Å². The monoisotopic (exact) mass is 264 g/mol. The van der Waals surface area contributed by atoms with E-state index in [-0.39, 0.29) is 5.92 Å². The molecule has 1 fully saturated rings. The van der Waals surface area contributed by atoms with E-state index in [1.54, 1.807) is 23.2 Å². The van der Waals surface area contributed by atoms with Crippen LogP contribution in [-0.2, 0) is 7.05 Å². The van der Waals surface area contributed by atoms with E-state index in [4.69, 9.17) is 5.73 Å². The Kier molecular flexibility index (Phi) is 4.01. The molecule has 1 aromatic heterocycles. The highest BCUT2D eigenvalue weighted by Crippen LogP contribution is 2.31. The quantitative estimate of drug-likeness (QED) is 0.697. The Bertz CT molecular complexity index is 527. The molecule has 0 bridgehead atoms. The van der Waals surface area contributed by atoms with Gasteiger partial charge in [0.15, 0.2) is 11.3 Å². The molecular formula is C13H20N4O2. The van der Waals surface area contributed by atoms with Crippen molar-refractivity contribution in [1.29, 1.82) is 0 Å². The predicted octanol–water partition coefficient (Wildman–Crippen LogP) is -0.0614. The summed E-state index contributed by atoms with van der Waals surface area (Å²) in [6.45, 7) is 1.90. The fourth-order valence-corrected chi connectivity index (χ4v) is 2.40. The third kappa shape index (κ3) is 2.85. The molecule has 3 atom stereocenters. The minimum Gasteiger partial charge on any atom is -0.390 e. The Morgan fingerprint density at radius 1 is 1.53 bits per heavy atom. The first-order valence-corrected chi connectivity index (χ1v) is 6.34. The van der Waals surface area contributed by atoms with Crippen LogP contribution in [0.1, 0.15) is 19.8 Å². The Balaban J connectivity index is 2.27. The van der Waals surface area contributed by atoms with Crippen LogP contribution in [0.4, 0.5) is 5.82 Å². The largest absolute Gasteiger partial charge is 0.390 e. The molecule has 1 saturated carbocycles. The van der Waals surface area contributed by atoms with Gasteiger partial charge in [-0.3, -0.25) is 0 Å². The van der Waals surface area contributed by atoms with Gasteiger partial charge in [-0.15, -0.1) is 0 Å². The van der Waals surface area contributed by atoms with Gasteiger partial charge in [0.2, 0.25) is 0 Å². The number of aromatic nitrogens is 2. The van der Waals surface area contributed by atoms with Gasteiger partial charge in [-0.1, -0.05) is 0 Å². The number of nitrogens with two attached hydrogens (primary N) is 1. The second-order valence-corrected chi connectivity index (χ2v) is 4.99. The normalized spacial score (nSPS) is 28.9. The Morgan fingerprint density at radius 2 is 2.26 bits per heavy atom. The van der Waals surface area contributed by atoms with Crippen LogP contribution in [0.3, 0.4) is 0 Å². The third-order valence-electron chi connectivity index (χ3n) is 3.62. The molecule has 1 aliphatic carbocycles. The van der Waals surface area contributed by atoms with E-state index in [0.717, 1.165) is 12.0 Å². The van der Waals surface area contributed by atoms with E-state index in [1.807, 2.05) is 14.0 Å². The summed E-state index contributed by atoms with van der Waals surface area (Å²) in [6, 6.07) is 0. The molecule has 0 aliphatic heterocycles. The van der Waals surface area contributed by atoms with Gasteiger partial charge >= 0.3 is 0 Å². The summed E-state index contributed by atoms with van der Waals surface area (Å²) in [5, 5.41) is 19.4. The molecule has 0 aromatic carbocycles. The van der Waals surface area contributed by atoms with Crippen LogP contribution in [0.15, 0.2) is 29.2 Å². The van der Waals surface area contributed by atoms with E-state index in [0.29, 0.717) is 17.7 Å². The van der Waals surface area contributed by atoms with Crippen LogP contribution >= 0.6 is 0 Å². The molecule has 0 spiro atoms. The minimum absolute atomic E-state index is 0.0399. The first kappa shape index (κ1) is 13.8. The number of aliphatic hydroxyl groups excluding tert-OH is 2. The van der Waals surface area contributed by atoms with E-state index < -0.39 is 12.2 Å². The fourth-order valence-electron chi connectivity index (χ4n) is 2.40. The second-order valence-electron chi connectivity index (χ2n) is 4.99. The highest BCUT2D eigenvalue weighted by atomic mass is 16.3. The van der Waals surface area contributed by atoms with Gasteiger partial charge in [-0.25, -0.2) is 9.98 Å². The minimum atomic E-state index is -0.702. The molecule has 1 aromatic rings. The van der Waals surface area contributed by atoms with Gasteiger partial charge in [0, 0.05) is 31.6 Å². The number of hydrogen-bond acceptors (Lipinski definition) is 5. The molecule has 0 saturated heterocycles. The smallest absolute Gasteiger partial charge is 0.175 e. The maximum Gasteiger partial charge on any atom is 0.175 e. The lowest BCUT2D eigenvalue weighted by Gasteiger charge is -2.16. The Labute approximate surface area is 111 Å². The van der Waals surface area contributed by atoms with Crippen molar-refractivity contribution in [2.45, 2.75) is 32.0 Å². The molecule has 1 aliphatic rings. The second kappa shape index (κ2) is 5.54. The average molecular weight is 264 g/mol. The van der Waals surface area contributed by atoms with Crippen molar-refractivity contribution < 1.29 is 10.2 Å². The summed E-state index contributed by atoms with van der Waals surface area (Å²) >= 11 is 0. The van der Waals surface area contributed by atoms with E-state index in [1.165, 1.54) is 0 Å². The van der Waals surface area contributed by atoms with Crippen molar-refractivity contribution in [3.05, 3.63) is 29.7 Å². The number of nitrogens with zero attached hydrogens (tertiary/aromatic N) is 3. The van der Waals surface area contributed by atoms with Crippen LogP contribution in [0.2, 0.25) is 0 Å². The molecule has 0 unspecified atom stereocenters. The summed E-state index contributed by atoms with van der Waals surface area (Å²) < 4.78 is 1.78. The Morgan fingerprint density at radius 3 is 2.84 bits per heavy atom. The zero-order valence-corrected chi connectivity index (χ0v) is 11.2. The molecule has 1 heterocycles. The van der Waals surface area contributed by atoms with Gasteiger partial charge in [0.05, 0.1) is 12.2 Å². The predicted molar refractivity (Wildman–Crippen MR) is 71.7 cm³/mol. The zero-order chi connectivity index (χ0) is 14.0. The summed E-state index contributed by atoms with van der Waals surface area (Å²) in [7, 11) is 1.84. The standard InChI is InChI=1S/C13H20N4O2/c1-8(9-3-4-10(18)11(9)19)7-16-13-12(14)15-5-6-17(13)2/h5-7,9-11,18-19H,3-4H2,1-2H3,(H2,14,15)/b8-7+,16-13-/t9-,10+,11-/m0/s1. The topological polar surface area (TPSA) is 96.7 Å². The van der Waals surface area contributed by atoms with Gasteiger partial charge in [0.1, 0.15) is 0 Å². The van der Waals surface area contributed by atoms with Crippen molar-refractivity contribution in [2.75, 3.05) is 5.73 Å². The molecular weight excluding hydrogens is 244 g/mol. The summed E-state index contributed by atoms with van der Waals surface area (Å²) in [5.74, 6) is 0.322. The first-order chi connectivity index (χ1) is 9.00. The number of rotatable bonds is 2. The highest BCUT2D eigenvalue weighted by molar-refractivity contribution is 5.22. The molecule has 6 heteroatoms. The Hall–Kier alpha value is -1.66. The van der Waals surface area contributed by atoms with Gasteiger partial charge < -0.3 is 20.5 Å². The van der Waals surface area contributed by atoms with Crippen molar-refractivity contribution in [3.8, 4) is 0 Å². The fraction of sp³-hybridized carbons (Fsp3) is 0.538.